The molecule has 0 atom stereocenters. The summed E-state index contributed by atoms with van der Waals surface area (Å²) in [6.45, 7) is 0.298. The molecule has 1 aliphatic heterocycles. The number of hydrazone groups is 1. The highest BCUT2D eigenvalue weighted by molar-refractivity contribution is 7.13. The molecule has 0 fully saturated rings. The van der Waals surface area contributed by atoms with Gasteiger partial charge in [0.05, 0.1) is 17.1 Å². The summed E-state index contributed by atoms with van der Waals surface area (Å²) in [4.78, 5) is 25.1. The molecule has 0 radical (unpaired) electrons. The highest BCUT2D eigenvalue weighted by atomic mass is 32.1. The number of nitrogens with zero attached hydrogens (tertiary/aromatic N) is 4. The molecule has 126 valence electrons. The van der Waals surface area contributed by atoms with Crippen LogP contribution in [0, 0.1) is 0 Å². The van der Waals surface area contributed by atoms with Crippen LogP contribution in [0.15, 0.2) is 62.2 Å². The van der Waals surface area contributed by atoms with E-state index in [0.29, 0.717) is 13.0 Å². The van der Waals surface area contributed by atoms with Crippen LogP contribution in [0.2, 0.25) is 0 Å². The van der Waals surface area contributed by atoms with E-state index in [-0.39, 0.29) is 18.3 Å². The van der Waals surface area contributed by atoms with Gasteiger partial charge in [0.15, 0.2) is 0 Å². The number of thiophene rings is 1. The molecule has 4 rings (SSSR count). The van der Waals surface area contributed by atoms with E-state index >= 15 is 0 Å². The molecule has 0 aliphatic carbocycles. The molecule has 0 saturated heterocycles. The number of carbonyl (C=O) groups excluding carboxylic acids is 1. The summed E-state index contributed by atoms with van der Waals surface area (Å²) in [6, 6.07) is 13.4. The van der Waals surface area contributed by atoms with E-state index < -0.39 is 5.76 Å². The van der Waals surface area contributed by atoms with Crippen molar-refractivity contribution < 1.29 is 9.21 Å². The second-order valence-electron chi connectivity index (χ2n) is 5.49. The van der Waals surface area contributed by atoms with Crippen molar-refractivity contribution in [2.24, 2.45) is 5.10 Å². The Labute approximate surface area is 146 Å². The Balaban J connectivity index is 1.50. The fourth-order valence-corrected chi connectivity index (χ4v) is 3.23. The third-order valence-electron chi connectivity index (χ3n) is 3.82. The van der Waals surface area contributed by atoms with Crippen LogP contribution in [-0.2, 0) is 11.3 Å². The third-order valence-corrected chi connectivity index (χ3v) is 4.68. The standard InChI is InChI=1S/C17H14N4O3S/c22-15(20-9-8-13(18-20)12-5-2-1-3-6-12)11-21-17(23)24-16(19-21)14-7-4-10-25-14/h1-7,10H,8-9,11H2. The highest BCUT2D eigenvalue weighted by Gasteiger charge is 2.23. The summed E-state index contributed by atoms with van der Waals surface area (Å²) in [7, 11) is 0. The Morgan fingerprint density at radius 2 is 2.04 bits per heavy atom. The van der Waals surface area contributed by atoms with Gasteiger partial charge in [0.1, 0.15) is 6.54 Å². The van der Waals surface area contributed by atoms with Gasteiger partial charge in [-0.05, 0) is 17.0 Å². The normalized spacial score (nSPS) is 13.9. The molecular weight excluding hydrogens is 340 g/mol. The summed E-state index contributed by atoms with van der Waals surface area (Å²) in [5.41, 5.74) is 1.86. The molecule has 3 heterocycles. The Bertz CT molecular complexity index is 973. The lowest BCUT2D eigenvalue weighted by Crippen LogP contribution is -2.31. The Kier molecular flexibility index (Phi) is 4.02. The molecule has 8 heteroatoms. The summed E-state index contributed by atoms with van der Waals surface area (Å²) in [5.74, 6) is -0.718. The highest BCUT2D eigenvalue weighted by Crippen LogP contribution is 2.21. The van der Waals surface area contributed by atoms with Gasteiger partial charge in [-0.25, -0.2) is 9.80 Å². The zero-order valence-corrected chi connectivity index (χ0v) is 14.0. The van der Waals surface area contributed by atoms with Crippen molar-refractivity contribution in [2.45, 2.75) is 13.0 Å². The van der Waals surface area contributed by atoms with Gasteiger partial charge in [-0.3, -0.25) is 4.79 Å². The van der Waals surface area contributed by atoms with E-state index in [0.717, 1.165) is 20.8 Å². The number of aromatic nitrogens is 2. The lowest BCUT2D eigenvalue weighted by molar-refractivity contribution is -0.131. The smallest absolute Gasteiger partial charge is 0.387 e. The van der Waals surface area contributed by atoms with Crippen molar-refractivity contribution in [3.8, 4) is 10.8 Å². The first-order chi connectivity index (χ1) is 12.2. The maximum Gasteiger partial charge on any atom is 0.437 e. The monoisotopic (exact) mass is 354 g/mol. The van der Waals surface area contributed by atoms with Crippen molar-refractivity contribution in [1.82, 2.24) is 14.8 Å². The molecule has 1 aromatic carbocycles. The summed E-state index contributed by atoms with van der Waals surface area (Å²) in [6.07, 6.45) is 0.684. The molecule has 25 heavy (non-hydrogen) atoms. The first-order valence-electron chi connectivity index (χ1n) is 7.76. The van der Waals surface area contributed by atoms with E-state index in [2.05, 4.69) is 10.2 Å². The van der Waals surface area contributed by atoms with Crippen LogP contribution in [0.4, 0.5) is 0 Å². The van der Waals surface area contributed by atoms with Gasteiger partial charge in [-0.1, -0.05) is 36.4 Å². The molecule has 1 aliphatic rings. The van der Waals surface area contributed by atoms with Crippen LogP contribution in [0.1, 0.15) is 12.0 Å². The molecular formula is C17H14N4O3S. The van der Waals surface area contributed by atoms with Gasteiger partial charge in [-0.2, -0.15) is 9.78 Å². The summed E-state index contributed by atoms with van der Waals surface area (Å²) < 4.78 is 6.15. The fourth-order valence-electron chi connectivity index (χ4n) is 2.59. The van der Waals surface area contributed by atoms with Crippen molar-refractivity contribution >= 4 is 23.0 Å². The van der Waals surface area contributed by atoms with E-state index in [1.54, 1.807) is 6.07 Å². The topological polar surface area (TPSA) is 80.7 Å². The minimum absolute atomic E-state index is 0.195. The second-order valence-corrected chi connectivity index (χ2v) is 6.44. The largest absolute Gasteiger partial charge is 0.437 e. The second kappa shape index (κ2) is 6.48. The average Bonchev–Trinajstić information content (AvgIpc) is 3.37. The molecule has 0 unspecified atom stereocenters. The number of hydrogen-bond donors (Lipinski definition) is 0. The minimum Gasteiger partial charge on any atom is -0.387 e. The quantitative estimate of drug-likeness (QED) is 0.719. The van der Waals surface area contributed by atoms with Crippen molar-refractivity contribution in [3.63, 3.8) is 0 Å². The van der Waals surface area contributed by atoms with Gasteiger partial charge < -0.3 is 4.42 Å². The molecule has 1 amide bonds. The zero-order valence-electron chi connectivity index (χ0n) is 13.2. The van der Waals surface area contributed by atoms with E-state index in [9.17, 15) is 9.59 Å². The fraction of sp³-hybridized carbons (Fsp3) is 0.176. The van der Waals surface area contributed by atoms with Crippen LogP contribution >= 0.6 is 11.3 Å². The predicted molar refractivity (Wildman–Crippen MR) is 93.4 cm³/mol. The molecule has 7 nitrogen and oxygen atoms in total. The first-order valence-corrected chi connectivity index (χ1v) is 8.64. The SMILES string of the molecule is O=C(Cn1nc(-c2cccs2)oc1=O)N1CCC(c2ccccc2)=N1. The van der Waals surface area contributed by atoms with Gasteiger partial charge >= 0.3 is 5.76 Å². The predicted octanol–water partition coefficient (Wildman–Crippen LogP) is 2.20. The Hall–Kier alpha value is -3.00. The molecule has 0 N–H and O–H groups in total. The average molecular weight is 354 g/mol. The van der Waals surface area contributed by atoms with E-state index in [1.165, 1.54) is 16.3 Å². The first kappa shape index (κ1) is 15.5. The Morgan fingerprint density at radius 1 is 1.20 bits per heavy atom. The van der Waals surface area contributed by atoms with E-state index in [1.807, 2.05) is 41.8 Å². The van der Waals surface area contributed by atoms with Crippen LogP contribution in [0.3, 0.4) is 0 Å². The number of carbonyl (C=O) groups is 1. The third kappa shape index (κ3) is 3.16. The lowest BCUT2D eigenvalue weighted by atomic mass is 10.1. The number of benzene rings is 1. The van der Waals surface area contributed by atoms with Crippen LogP contribution < -0.4 is 5.76 Å². The summed E-state index contributed by atoms with van der Waals surface area (Å²) in [5, 5.41) is 11.7. The van der Waals surface area contributed by atoms with Gasteiger partial charge in [-0.15, -0.1) is 16.4 Å². The van der Waals surface area contributed by atoms with Crippen molar-refractivity contribution in [3.05, 3.63) is 64.0 Å². The minimum atomic E-state index is -0.650. The number of amides is 1. The van der Waals surface area contributed by atoms with Gasteiger partial charge in [0.25, 0.3) is 11.8 Å². The maximum atomic E-state index is 12.4. The van der Waals surface area contributed by atoms with Crippen molar-refractivity contribution in [2.75, 3.05) is 6.54 Å². The maximum absolute atomic E-state index is 12.4. The summed E-state index contributed by atoms with van der Waals surface area (Å²) >= 11 is 1.41. The van der Waals surface area contributed by atoms with Crippen LogP contribution in [0.25, 0.3) is 10.8 Å². The molecule has 0 spiro atoms. The number of rotatable bonds is 4. The van der Waals surface area contributed by atoms with Gasteiger partial charge in [0.2, 0.25) is 0 Å². The molecule has 0 bridgehead atoms. The molecule has 2 aromatic heterocycles. The van der Waals surface area contributed by atoms with Crippen LogP contribution in [-0.4, -0.2) is 33.0 Å². The number of hydrogen-bond acceptors (Lipinski definition) is 6. The van der Waals surface area contributed by atoms with Crippen LogP contribution in [0.5, 0.6) is 0 Å². The molecule has 3 aromatic rings. The lowest BCUT2D eigenvalue weighted by Gasteiger charge is -2.10. The molecule has 0 saturated carbocycles. The van der Waals surface area contributed by atoms with Crippen molar-refractivity contribution in [1.29, 1.82) is 0 Å². The Morgan fingerprint density at radius 3 is 2.80 bits per heavy atom. The van der Waals surface area contributed by atoms with E-state index in [4.69, 9.17) is 4.42 Å². The zero-order chi connectivity index (χ0) is 17.2. The van der Waals surface area contributed by atoms with Gasteiger partial charge in [0, 0.05) is 6.42 Å².